The Bertz CT molecular complexity index is 320. The predicted molar refractivity (Wildman–Crippen MR) is 62.8 cm³/mol. The number of nitrogens with two attached hydrogens (primary N) is 1. The van der Waals surface area contributed by atoms with Crippen LogP contribution < -0.4 is 5.73 Å². The van der Waals surface area contributed by atoms with Crippen LogP contribution in [0.25, 0.3) is 0 Å². The molecular weight excluding hydrogens is 204 g/mol. The Labute approximate surface area is 96.6 Å². The zero-order chi connectivity index (χ0) is 12.1. The number of rotatable bonds is 6. The molecule has 0 aliphatic heterocycles. The van der Waals surface area contributed by atoms with E-state index in [1.165, 1.54) is 0 Å². The highest BCUT2D eigenvalue weighted by molar-refractivity contribution is 5.10. The molecule has 0 saturated carbocycles. The van der Waals surface area contributed by atoms with Crippen molar-refractivity contribution in [2.75, 3.05) is 0 Å². The van der Waals surface area contributed by atoms with E-state index in [-0.39, 0.29) is 0 Å². The largest absolute Gasteiger partial charge is 0.391 e. The number of aliphatic hydroxyl groups is 1. The number of aromatic nitrogens is 3. The minimum absolute atomic E-state index is 0.410. The first kappa shape index (κ1) is 13.1. The van der Waals surface area contributed by atoms with Crippen molar-refractivity contribution in [2.24, 2.45) is 11.7 Å². The summed E-state index contributed by atoms with van der Waals surface area (Å²) in [4.78, 5) is 0. The van der Waals surface area contributed by atoms with Crippen molar-refractivity contribution < 1.29 is 5.11 Å². The fourth-order valence-corrected chi connectivity index (χ4v) is 1.62. The van der Waals surface area contributed by atoms with Gasteiger partial charge in [-0.2, -0.15) is 0 Å². The summed E-state index contributed by atoms with van der Waals surface area (Å²) in [6.45, 7) is 7.01. The standard InChI is InChI=1S/C11H22N4O/c1-8(2)4-5-11-10(6-12)13-14-15(11)7-9(3)16/h8-9,16H,4-7,12H2,1-3H3. The minimum Gasteiger partial charge on any atom is -0.391 e. The van der Waals surface area contributed by atoms with E-state index in [0.717, 1.165) is 24.2 Å². The van der Waals surface area contributed by atoms with Crippen LogP contribution >= 0.6 is 0 Å². The van der Waals surface area contributed by atoms with E-state index in [1.807, 2.05) is 0 Å². The van der Waals surface area contributed by atoms with Crippen LogP contribution in [-0.4, -0.2) is 26.2 Å². The molecule has 0 bridgehead atoms. The molecule has 16 heavy (non-hydrogen) atoms. The van der Waals surface area contributed by atoms with Crippen molar-refractivity contribution in [1.82, 2.24) is 15.0 Å². The fraction of sp³-hybridized carbons (Fsp3) is 0.818. The smallest absolute Gasteiger partial charge is 0.0994 e. The van der Waals surface area contributed by atoms with Crippen molar-refractivity contribution in [3.63, 3.8) is 0 Å². The van der Waals surface area contributed by atoms with Crippen LogP contribution in [0.5, 0.6) is 0 Å². The van der Waals surface area contributed by atoms with Gasteiger partial charge in [-0.1, -0.05) is 19.1 Å². The first-order valence-corrected chi connectivity index (χ1v) is 5.84. The van der Waals surface area contributed by atoms with Crippen molar-refractivity contribution in [3.05, 3.63) is 11.4 Å². The summed E-state index contributed by atoms with van der Waals surface area (Å²) in [5, 5.41) is 17.4. The number of nitrogens with zero attached hydrogens (tertiary/aromatic N) is 3. The lowest BCUT2D eigenvalue weighted by Crippen LogP contribution is -2.16. The Morgan fingerprint density at radius 3 is 2.56 bits per heavy atom. The lowest BCUT2D eigenvalue weighted by atomic mass is 10.1. The molecule has 5 heteroatoms. The van der Waals surface area contributed by atoms with Gasteiger partial charge in [-0.25, -0.2) is 4.68 Å². The molecule has 1 aromatic heterocycles. The summed E-state index contributed by atoms with van der Waals surface area (Å²) in [5.41, 5.74) is 7.54. The van der Waals surface area contributed by atoms with Gasteiger partial charge < -0.3 is 10.8 Å². The van der Waals surface area contributed by atoms with Crippen LogP contribution in [0.1, 0.15) is 38.6 Å². The van der Waals surface area contributed by atoms with E-state index in [9.17, 15) is 5.11 Å². The minimum atomic E-state index is -0.412. The lowest BCUT2D eigenvalue weighted by Gasteiger charge is -2.10. The lowest BCUT2D eigenvalue weighted by molar-refractivity contribution is 0.166. The molecular formula is C11H22N4O. The third-order valence-corrected chi connectivity index (χ3v) is 2.51. The molecule has 5 nitrogen and oxygen atoms in total. The van der Waals surface area contributed by atoms with Gasteiger partial charge in [0.15, 0.2) is 0 Å². The number of hydrogen-bond donors (Lipinski definition) is 2. The molecule has 3 N–H and O–H groups in total. The quantitative estimate of drug-likeness (QED) is 0.749. The van der Waals surface area contributed by atoms with Gasteiger partial charge >= 0.3 is 0 Å². The molecule has 1 atom stereocenters. The molecule has 1 aromatic rings. The third kappa shape index (κ3) is 3.57. The van der Waals surface area contributed by atoms with Crippen LogP contribution in [-0.2, 0) is 19.5 Å². The Morgan fingerprint density at radius 1 is 1.38 bits per heavy atom. The summed E-state index contributed by atoms with van der Waals surface area (Å²) in [5.74, 6) is 0.639. The number of aliphatic hydroxyl groups excluding tert-OH is 1. The van der Waals surface area contributed by atoms with Gasteiger partial charge in [0, 0.05) is 6.54 Å². The molecule has 0 saturated heterocycles. The van der Waals surface area contributed by atoms with Gasteiger partial charge in [-0.3, -0.25) is 0 Å². The van der Waals surface area contributed by atoms with Crippen LogP contribution in [0.3, 0.4) is 0 Å². The molecule has 0 fully saturated rings. The first-order chi connectivity index (χ1) is 7.54. The van der Waals surface area contributed by atoms with E-state index < -0.39 is 6.10 Å². The topological polar surface area (TPSA) is 77.0 Å². The Hall–Kier alpha value is -0.940. The van der Waals surface area contributed by atoms with Gasteiger partial charge in [0.1, 0.15) is 0 Å². The van der Waals surface area contributed by atoms with Crippen molar-refractivity contribution in [1.29, 1.82) is 0 Å². The molecule has 1 rings (SSSR count). The molecule has 92 valence electrons. The van der Waals surface area contributed by atoms with Gasteiger partial charge in [0.25, 0.3) is 0 Å². The van der Waals surface area contributed by atoms with Crippen molar-refractivity contribution in [3.8, 4) is 0 Å². The Morgan fingerprint density at radius 2 is 2.06 bits per heavy atom. The van der Waals surface area contributed by atoms with E-state index in [0.29, 0.717) is 19.0 Å². The Kier molecular flexibility index (Phi) is 4.89. The monoisotopic (exact) mass is 226 g/mol. The van der Waals surface area contributed by atoms with Crippen molar-refractivity contribution in [2.45, 2.75) is 52.8 Å². The van der Waals surface area contributed by atoms with Gasteiger partial charge in [-0.05, 0) is 25.7 Å². The molecule has 0 amide bonds. The number of hydrogen-bond acceptors (Lipinski definition) is 4. The van der Waals surface area contributed by atoms with Crippen LogP contribution in [0.15, 0.2) is 0 Å². The van der Waals surface area contributed by atoms with E-state index >= 15 is 0 Å². The third-order valence-electron chi connectivity index (χ3n) is 2.51. The van der Waals surface area contributed by atoms with E-state index in [2.05, 4.69) is 24.2 Å². The highest BCUT2D eigenvalue weighted by Gasteiger charge is 2.13. The first-order valence-electron chi connectivity index (χ1n) is 5.84. The normalized spacial score (nSPS) is 13.4. The maximum Gasteiger partial charge on any atom is 0.0994 e. The van der Waals surface area contributed by atoms with Crippen LogP contribution in [0.2, 0.25) is 0 Å². The van der Waals surface area contributed by atoms with E-state index in [1.54, 1.807) is 11.6 Å². The predicted octanol–water partition coefficient (Wildman–Crippen LogP) is 0.706. The second-order valence-electron chi connectivity index (χ2n) is 4.65. The van der Waals surface area contributed by atoms with Gasteiger partial charge in [0.05, 0.1) is 24.0 Å². The van der Waals surface area contributed by atoms with Crippen LogP contribution in [0, 0.1) is 5.92 Å². The Balaban J connectivity index is 2.79. The molecule has 0 aliphatic rings. The second kappa shape index (κ2) is 5.96. The molecule has 0 aromatic carbocycles. The maximum absolute atomic E-state index is 9.37. The molecule has 0 aliphatic carbocycles. The van der Waals surface area contributed by atoms with Gasteiger partial charge in [-0.15, -0.1) is 5.10 Å². The molecule has 0 spiro atoms. The second-order valence-corrected chi connectivity index (χ2v) is 4.65. The average Bonchev–Trinajstić information content (AvgIpc) is 2.56. The highest BCUT2D eigenvalue weighted by Crippen LogP contribution is 2.12. The van der Waals surface area contributed by atoms with Crippen LogP contribution in [0.4, 0.5) is 0 Å². The zero-order valence-corrected chi connectivity index (χ0v) is 10.3. The SMILES string of the molecule is CC(C)CCc1c(CN)nnn1CC(C)O. The van der Waals surface area contributed by atoms with Crippen molar-refractivity contribution >= 4 is 0 Å². The zero-order valence-electron chi connectivity index (χ0n) is 10.3. The summed E-state index contributed by atoms with van der Waals surface area (Å²) in [6.07, 6.45) is 1.59. The highest BCUT2D eigenvalue weighted by atomic mass is 16.3. The summed E-state index contributed by atoms with van der Waals surface area (Å²) >= 11 is 0. The average molecular weight is 226 g/mol. The van der Waals surface area contributed by atoms with E-state index in [4.69, 9.17) is 5.73 Å². The molecule has 0 radical (unpaired) electrons. The maximum atomic E-state index is 9.37. The summed E-state index contributed by atoms with van der Waals surface area (Å²) in [7, 11) is 0. The summed E-state index contributed by atoms with van der Waals surface area (Å²) < 4.78 is 1.77. The molecule has 1 heterocycles. The summed E-state index contributed by atoms with van der Waals surface area (Å²) in [6, 6.07) is 0. The molecule has 1 unspecified atom stereocenters. The fourth-order valence-electron chi connectivity index (χ4n) is 1.62. The van der Waals surface area contributed by atoms with Gasteiger partial charge in [0.2, 0.25) is 0 Å².